The van der Waals surface area contributed by atoms with E-state index in [1.165, 1.54) is 35.1 Å². The topological polar surface area (TPSA) is 108 Å². The largest absolute Gasteiger partial charge is 0.375 e. The molecule has 3 saturated heterocycles. The minimum Gasteiger partial charge on any atom is -0.375 e. The van der Waals surface area contributed by atoms with Gasteiger partial charge in [-0.3, -0.25) is 19.2 Å². The third kappa shape index (κ3) is 3.62. The zero-order chi connectivity index (χ0) is 21.4. The second-order valence-corrected chi connectivity index (χ2v) is 7.80. The Bertz CT molecular complexity index is 894. The molecule has 2 N–H and O–H groups in total. The molecule has 0 aromatic heterocycles. The molecule has 0 saturated carbocycles. The molecule has 0 unspecified atom stereocenters. The number of methoxy groups -OCH3 is 1. The molecule has 10 heteroatoms. The van der Waals surface area contributed by atoms with E-state index in [0.717, 1.165) is 6.07 Å². The third-order valence-corrected chi connectivity index (χ3v) is 5.84. The molecule has 3 heterocycles. The molecular formula is C20H23FN4O5. The van der Waals surface area contributed by atoms with Crippen LogP contribution in [0.15, 0.2) is 24.3 Å². The lowest BCUT2D eigenvalue weighted by atomic mass is 10.1. The maximum Gasteiger partial charge on any atom is 0.254 e. The van der Waals surface area contributed by atoms with Crippen LogP contribution in [-0.4, -0.2) is 84.4 Å². The van der Waals surface area contributed by atoms with Gasteiger partial charge in [-0.15, -0.1) is 0 Å². The second kappa shape index (κ2) is 8.02. The SMILES string of the molecule is COCC(=O)N[C@H]1C[C@@H]2C(=O)N[C@H]3CCN(C(=O)c4cccc(F)c4)[C@@H]3C(=O)N2C1. The highest BCUT2D eigenvalue weighted by Gasteiger charge is 2.52. The number of carbonyl (C=O) groups is 4. The summed E-state index contributed by atoms with van der Waals surface area (Å²) in [5.41, 5.74) is 0.154. The standard InChI is InChI=1S/C20H23FN4O5/c1-30-10-16(26)22-13-8-15-18(27)23-14-5-6-24(17(14)20(29)25(15)9-13)19(28)11-3-2-4-12(21)7-11/h2-4,7,13-15,17H,5-6,8-10H2,1H3,(H,22,26)(H,23,27)/t13-,14-,15+,17-/m0/s1. The van der Waals surface area contributed by atoms with E-state index in [0.29, 0.717) is 12.8 Å². The number of rotatable bonds is 4. The molecule has 4 amide bonds. The van der Waals surface area contributed by atoms with Gasteiger partial charge in [0.2, 0.25) is 17.7 Å². The monoisotopic (exact) mass is 418 g/mol. The van der Waals surface area contributed by atoms with E-state index in [2.05, 4.69) is 10.6 Å². The van der Waals surface area contributed by atoms with Crippen LogP contribution in [0.1, 0.15) is 23.2 Å². The summed E-state index contributed by atoms with van der Waals surface area (Å²) in [6, 6.07) is 2.88. The summed E-state index contributed by atoms with van der Waals surface area (Å²) >= 11 is 0. The predicted molar refractivity (Wildman–Crippen MR) is 102 cm³/mol. The van der Waals surface area contributed by atoms with Crippen LogP contribution in [0.5, 0.6) is 0 Å². The summed E-state index contributed by atoms with van der Waals surface area (Å²) in [4.78, 5) is 53.7. The molecule has 160 valence electrons. The Morgan fingerprint density at radius 1 is 1.33 bits per heavy atom. The van der Waals surface area contributed by atoms with E-state index in [-0.39, 0.29) is 49.0 Å². The molecule has 0 radical (unpaired) electrons. The number of ether oxygens (including phenoxy) is 1. The van der Waals surface area contributed by atoms with Crippen LogP contribution in [0.3, 0.4) is 0 Å². The maximum atomic E-state index is 13.6. The first-order valence-electron chi connectivity index (χ1n) is 9.84. The van der Waals surface area contributed by atoms with Crippen molar-refractivity contribution in [1.29, 1.82) is 0 Å². The van der Waals surface area contributed by atoms with Crippen LogP contribution in [-0.2, 0) is 19.1 Å². The molecule has 3 fully saturated rings. The Morgan fingerprint density at radius 2 is 2.13 bits per heavy atom. The first kappa shape index (κ1) is 20.3. The number of fused-ring (bicyclic) bond motifs is 2. The highest BCUT2D eigenvalue weighted by Crippen LogP contribution is 2.30. The number of likely N-dealkylation sites (tertiary alicyclic amines) is 1. The predicted octanol–water partition coefficient (Wildman–Crippen LogP) is -0.729. The molecule has 1 aromatic rings. The molecule has 3 aliphatic heterocycles. The van der Waals surface area contributed by atoms with E-state index in [4.69, 9.17) is 4.74 Å². The maximum absolute atomic E-state index is 13.6. The first-order chi connectivity index (χ1) is 14.4. The van der Waals surface area contributed by atoms with Crippen LogP contribution >= 0.6 is 0 Å². The fourth-order valence-corrected chi connectivity index (χ4v) is 4.55. The quantitative estimate of drug-likeness (QED) is 0.671. The molecule has 9 nitrogen and oxygen atoms in total. The second-order valence-electron chi connectivity index (χ2n) is 7.80. The number of hydrogen-bond acceptors (Lipinski definition) is 5. The van der Waals surface area contributed by atoms with Gasteiger partial charge in [-0.1, -0.05) is 6.07 Å². The fourth-order valence-electron chi connectivity index (χ4n) is 4.55. The third-order valence-electron chi connectivity index (χ3n) is 5.84. The van der Waals surface area contributed by atoms with Gasteiger partial charge in [0, 0.05) is 31.8 Å². The molecule has 0 aliphatic carbocycles. The van der Waals surface area contributed by atoms with Crippen molar-refractivity contribution in [3.63, 3.8) is 0 Å². The van der Waals surface area contributed by atoms with Crippen LogP contribution in [0.4, 0.5) is 4.39 Å². The summed E-state index contributed by atoms with van der Waals surface area (Å²) in [5.74, 6) is -1.94. The molecular weight excluding hydrogens is 395 g/mol. The van der Waals surface area contributed by atoms with Crippen LogP contribution < -0.4 is 10.6 Å². The van der Waals surface area contributed by atoms with Gasteiger partial charge >= 0.3 is 0 Å². The summed E-state index contributed by atoms with van der Waals surface area (Å²) in [7, 11) is 1.41. The van der Waals surface area contributed by atoms with Crippen molar-refractivity contribution in [2.24, 2.45) is 0 Å². The van der Waals surface area contributed by atoms with Crippen molar-refractivity contribution in [3.05, 3.63) is 35.6 Å². The minimum atomic E-state index is -0.858. The lowest BCUT2D eigenvalue weighted by molar-refractivity contribution is -0.138. The highest BCUT2D eigenvalue weighted by atomic mass is 19.1. The molecule has 1 aromatic carbocycles. The average Bonchev–Trinajstić information content (AvgIpc) is 3.29. The van der Waals surface area contributed by atoms with Gasteiger partial charge in [0.25, 0.3) is 5.91 Å². The average molecular weight is 418 g/mol. The Morgan fingerprint density at radius 3 is 2.87 bits per heavy atom. The van der Waals surface area contributed by atoms with Crippen molar-refractivity contribution in [2.45, 2.75) is 37.0 Å². The first-order valence-corrected chi connectivity index (χ1v) is 9.84. The summed E-state index contributed by atoms with van der Waals surface area (Å²) in [6.45, 7) is 0.350. The summed E-state index contributed by atoms with van der Waals surface area (Å²) < 4.78 is 18.4. The van der Waals surface area contributed by atoms with Crippen molar-refractivity contribution >= 4 is 23.6 Å². The van der Waals surface area contributed by atoms with Crippen LogP contribution in [0.2, 0.25) is 0 Å². The Kier molecular flexibility index (Phi) is 5.42. The van der Waals surface area contributed by atoms with Gasteiger partial charge in [0.05, 0.1) is 6.04 Å². The summed E-state index contributed by atoms with van der Waals surface area (Å²) in [5, 5.41) is 5.65. The number of benzene rings is 1. The van der Waals surface area contributed by atoms with E-state index in [1.54, 1.807) is 0 Å². The fraction of sp³-hybridized carbons (Fsp3) is 0.500. The normalized spacial score (nSPS) is 27.9. The zero-order valence-corrected chi connectivity index (χ0v) is 16.5. The van der Waals surface area contributed by atoms with E-state index in [1.807, 2.05) is 0 Å². The number of nitrogens with one attached hydrogen (secondary N) is 2. The van der Waals surface area contributed by atoms with Gasteiger partial charge in [-0.25, -0.2) is 4.39 Å². The van der Waals surface area contributed by atoms with Crippen LogP contribution in [0.25, 0.3) is 0 Å². The van der Waals surface area contributed by atoms with Gasteiger partial charge in [-0.05, 0) is 31.0 Å². The molecule has 0 bridgehead atoms. The van der Waals surface area contributed by atoms with E-state index in [9.17, 15) is 23.6 Å². The highest BCUT2D eigenvalue weighted by molar-refractivity contribution is 6.00. The Hall–Kier alpha value is -3.01. The van der Waals surface area contributed by atoms with Crippen molar-refractivity contribution in [1.82, 2.24) is 20.4 Å². The number of halogens is 1. The Labute approximate surface area is 172 Å². The lowest BCUT2D eigenvalue weighted by Crippen LogP contribution is -2.52. The Balaban J connectivity index is 1.55. The smallest absolute Gasteiger partial charge is 0.254 e. The number of hydrogen-bond donors (Lipinski definition) is 2. The van der Waals surface area contributed by atoms with Gasteiger partial charge < -0.3 is 25.2 Å². The van der Waals surface area contributed by atoms with E-state index < -0.39 is 29.8 Å². The van der Waals surface area contributed by atoms with Crippen molar-refractivity contribution in [3.8, 4) is 0 Å². The lowest BCUT2D eigenvalue weighted by Gasteiger charge is -2.29. The molecule has 0 spiro atoms. The number of nitrogens with zero attached hydrogens (tertiary/aromatic N) is 2. The van der Waals surface area contributed by atoms with Gasteiger partial charge in [0.1, 0.15) is 24.5 Å². The number of carbonyl (C=O) groups excluding carboxylic acids is 4. The summed E-state index contributed by atoms with van der Waals surface area (Å²) in [6.07, 6.45) is 0.738. The minimum absolute atomic E-state index is 0.109. The van der Waals surface area contributed by atoms with Crippen molar-refractivity contribution in [2.75, 3.05) is 26.8 Å². The molecule has 30 heavy (non-hydrogen) atoms. The van der Waals surface area contributed by atoms with E-state index >= 15 is 0 Å². The van der Waals surface area contributed by atoms with Crippen LogP contribution in [0, 0.1) is 5.82 Å². The molecule has 4 atom stereocenters. The molecule has 4 rings (SSSR count). The van der Waals surface area contributed by atoms with Gasteiger partial charge in [0.15, 0.2) is 0 Å². The van der Waals surface area contributed by atoms with Gasteiger partial charge in [-0.2, -0.15) is 0 Å². The molecule has 3 aliphatic rings. The number of amides is 4. The zero-order valence-electron chi connectivity index (χ0n) is 16.5. The van der Waals surface area contributed by atoms with Crippen molar-refractivity contribution < 1.29 is 28.3 Å².